The number of rotatable bonds is 2. The molecule has 0 saturated carbocycles. The van der Waals surface area contributed by atoms with Crippen LogP contribution in [-0.4, -0.2) is 22.2 Å². The van der Waals surface area contributed by atoms with Gasteiger partial charge in [-0.05, 0) is 31.4 Å². The van der Waals surface area contributed by atoms with Crippen molar-refractivity contribution in [2.75, 3.05) is 0 Å². The van der Waals surface area contributed by atoms with E-state index >= 15 is 0 Å². The molecule has 0 radical (unpaired) electrons. The fourth-order valence-electron chi connectivity index (χ4n) is 0.960. The SMILES string of the molecule is CC(C)(N)c1cc(B(O)O)ccn1. The van der Waals surface area contributed by atoms with Crippen LogP contribution in [0.5, 0.6) is 0 Å². The van der Waals surface area contributed by atoms with E-state index in [1.54, 1.807) is 12.1 Å². The summed E-state index contributed by atoms with van der Waals surface area (Å²) in [6.07, 6.45) is 1.51. The largest absolute Gasteiger partial charge is 0.488 e. The lowest BCUT2D eigenvalue weighted by Crippen LogP contribution is -2.35. The van der Waals surface area contributed by atoms with Crippen LogP contribution in [0.15, 0.2) is 18.3 Å². The molecule has 0 saturated heterocycles. The molecule has 1 heterocycles. The van der Waals surface area contributed by atoms with Crippen LogP contribution >= 0.6 is 0 Å². The van der Waals surface area contributed by atoms with Gasteiger partial charge in [0.2, 0.25) is 0 Å². The van der Waals surface area contributed by atoms with Crippen LogP contribution in [0.2, 0.25) is 0 Å². The molecule has 0 aliphatic heterocycles. The minimum atomic E-state index is -1.47. The number of nitrogens with zero attached hydrogens (tertiary/aromatic N) is 1. The Labute approximate surface area is 77.6 Å². The number of hydrogen-bond donors (Lipinski definition) is 3. The molecule has 1 rings (SSSR count). The number of hydrogen-bond acceptors (Lipinski definition) is 4. The van der Waals surface area contributed by atoms with Gasteiger partial charge in [-0.25, -0.2) is 0 Å². The van der Waals surface area contributed by atoms with Crippen LogP contribution in [0, 0.1) is 0 Å². The molecular weight excluding hydrogens is 167 g/mol. The highest BCUT2D eigenvalue weighted by Crippen LogP contribution is 2.11. The number of nitrogens with two attached hydrogens (primary N) is 1. The molecule has 13 heavy (non-hydrogen) atoms. The quantitative estimate of drug-likeness (QED) is 0.507. The molecule has 70 valence electrons. The van der Waals surface area contributed by atoms with Crippen LogP contribution in [-0.2, 0) is 5.54 Å². The van der Waals surface area contributed by atoms with Gasteiger partial charge in [-0.1, -0.05) is 0 Å². The van der Waals surface area contributed by atoms with E-state index in [2.05, 4.69) is 4.98 Å². The molecule has 0 bridgehead atoms. The highest BCUT2D eigenvalue weighted by molar-refractivity contribution is 6.58. The summed E-state index contributed by atoms with van der Waals surface area (Å²) in [6, 6.07) is 3.13. The first-order chi connectivity index (χ1) is 5.91. The second kappa shape index (κ2) is 3.45. The van der Waals surface area contributed by atoms with Crippen molar-refractivity contribution in [1.82, 2.24) is 4.98 Å². The molecule has 1 aromatic heterocycles. The molecule has 0 aliphatic carbocycles. The Morgan fingerprint density at radius 3 is 2.54 bits per heavy atom. The van der Waals surface area contributed by atoms with E-state index in [1.165, 1.54) is 6.20 Å². The Kier molecular flexibility index (Phi) is 2.70. The minimum absolute atomic E-state index is 0.406. The lowest BCUT2D eigenvalue weighted by atomic mass is 9.79. The predicted molar refractivity (Wildman–Crippen MR) is 51.3 cm³/mol. The van der Waals surface area contributed by atoms with E-state index in [0.717, 1.165) is 0 Å². The monoisotopic (exact) mass is 180 g/mol. The maximum Gasteiger partial charge on any atom is 0.488 e. The van der Waals surface area contributed by atoms with Gasteiger partial charge < -0.3 is 15.8 Å². The Balaban J connectivity index is 3.06. The summed E-state index contributed by atoms with van der Waals surface area (Å²) >= 11 is 0. The summed E-state index contributed by atoms with van der Waals surface area (Å²) < 4.78 is 0. The Bertz CT molecular complexity index is 296. The topological polar surface area (TPSA) is 79.4 Å². The average Bonchev–Trinajstić information content (AvgIpc) is 2.03. The molecule has 1 aromatic rings. The first-order valence-electron chi connectivity index (χ1n) is 4.02. The van der Waals surface area contributed by atoms with Crippen LogP contribution in [0.3, 0.4) is 0 Å². The summed E-state index contributed by atoms with van der Waals surface area (Å²) in [6.45, 7) is 3.62. The zero-order valence-electron chi connectivity index (χ0n) is 7.73. The van der Waals surface area contributed by atoms with E-state index in [9.17, 15) is 0 Å². The second-order valence-electron chi connectivity index (χ2n) is 3.57. The molecular formula is C8H13BN2O2. The zero-order chi connectivity index (χ0) is 10.1. The smallest absolute Gasteiger partial charge is 0.423 e. The molecule has 0 aromatic carbocycles. The Morgan fingerprint density at radius 2 is 2.08 bits per heavy atom. The normalized spacial score (nSPS) is 11.5. The van der Waals surface area contributed by atoms with Crippen LogP contribution < -0.4 is 11.2 Å². The van der Waals surface area contributed by atoms with Gasteiger partial charge in [0.15, 0.2) is 0 Å². The summed E-state index contributed by atoms with van der Waals surface area (Å²) in [5, 5.41) is 17.8. The third-order valence-electron chi connectivity index (χ3n) is 1.74. The third-order valence-corrected chi connectivity index (χ3v) is 1.74. The minimum Gasteiger partial charge on any atom is -0.423 e. The van der Waals surface area contributed by atoms with Crippen molar-refractivity contribution in [2.24, 2.45) is 5.73 Å². The predicted octanol–water partition coefficient (Wildman–Crippen LogP) is -1.04. The standard InChI is InChI=1S/C8H13BN2O2/c1-8(2,10)7-5-6(9(12)13)3-4-11-7/h3-5,12-13H,10H2,1-2H3. The van der Waals surface area contributed by atoms with Crippen molar-refractivity contribution in [1.29, 1.82) is 0 Å². The van der Waals surface area contributed by atoms with Gasteiger partial charge in [0.25, 0.3) is 0 Å². The molecule has 0 spiro atoms. The number of aromatic nitrogens is 1. The van der Waals surface area contributed by atoms with E-state index in [0.29, 0.717) is 11.2 Å². The van der Waals surface area contributed by atoms with Gasteiger partial charge in [-0.3, -0.25) is 4.98 Å². The average molecular weight is 180 g/mol. The summed E-state index contributed by atoms with van der Waals surface area (Å²) in [5.74, 6) is 0. The molecule has 0 fully saturated rings. The van der Waals surface area contributed by atoms with E-state index in [4.69, 9.17) is 15.8 Å². The lowest BCUT2D eigenvalue weighted by Gasteiger charge is -2.18. The van der Waals surface area contributed by atoms with Crippen LogP contribution in [0.4, 0.5) is 0 Å². The number of pyridine rings is 1. The second-order valence-corrected chi connectivity index (χ2v) is 3.57. The maximum absolute atomic E-state index is 8.90. The van der Waals surface area contributed by atoms with Gasteiger partial charge in [-0.2, -0.15) is 0 Å². The molecule has 5 heteroatoms. The zero-order valence-corrected chi connectivity index (χ0v) is 7.73. The summed E-state index contributed by atoms with van der Waals surface area (Å²) in [5.41, 5.74) is 6.28. The highest BCUT2D eigenvalue weighted by Gasteiger charge is 2.18. The van der Waals surface area contributed by atoms with Crippen molar-refractivity contribution < 1.29 is 10.0 Å². The third kappa shape index (κ3) is 2.52. The van der Waals surface area contributed by atoms with Crippen molar-refractivity contribution >= 4 is 12.6 Å². The molecule has 0 amide bonds. The fraction of sp³-hybridized carbons (Fsp3) is 0.375. The molecule has 0 atom stereocenters. The van der Waals surface area contributed by atoms with E-state index in [1.807, 2.05) is 13.8 Å². The summed E-state index contributed by atoms with van der Waals surface area (Å²) in [4.78, 5) is 4.05. The first-order valence-corrected chi connectivity index (χ1v) is 4.02. The van der Waals surface area contributed by atoms with Gasteiger partial charge >= 0.3 is 7.12 Å². The molecule has 0 aliphatic rings. The Hall–Kier alpha value is -0.905. The lowest BCUT2D eigenvalue weighted by molar-refractivity contribution is 0.425. The fourth-order valence-corrected chi connectivity index (χ4v) is 0.960. The molecule has 0 unspecified atom stereocenters. The van der Waals surface area contributed by atoms with Crippen LogP contribution in [0.1, 0.15) is 19.5 Å². The maximum atomic E-state index is 8.90. The van der Waals surface area contributed by atoms with Gasteiger partial charge in [-0.15, -0.1) is 0 Å². The van der Waals surface area contributed by atoms with Gasteiger partial charge in [0.1, 0.15) is 0 Å². The van der Waals surface area contributed by atoms with Crippen molar-refractivity contribution in [2.45, 2.75) is 19.4 Å². The van der Waals surface area contributed by atoms with Crippen molar-refractivity contribution in [3.63, 3.8) is 0 Å². The van der Waals surface area contributed by atoms with Gasteiger partial charge in [0, 0.05) is 6.20 Å². The Morgan fingerprint density at radius 1 is 1.46 bits per heavy atom. The van der Waals surface area contributed by atoms with E-state index in [-0.39, 0.29) is 0 Å². The molecule has 4 nitrogen and oxygen atoms in total. The molecule has 4 N–H and O–H groups in total. The van der Waals surface area contributed by atoms with Crippen molar-refractivity contribution in [3.8, 4) is 0 Å². The highest BCUT2D eigenvalue weighted by atomic mass is 16.4. The van der Waals surface area contributed by atoms with Crippen molar-refractivity contribution in [3.05, 3.63) is 24.0 Å². The first kappa shape index (κ1) is 10.2. The van der Waals surface area contributed by atoms with Gasteiger partial charge in [0.05, 0.1) is 11.2 Å². The summed E-state index contributed by atoms with van der Waals surface area (Å²) in [7, 11) is -1.47. The van der Waals surface area contributed by atoms with E-state index < -0.39 is 12.7 Å². The van der Waals surface area contributed by atoms with Crippen LogP contribution in [0.25, 0.3) is 0 Å².